The van der Waals surface area contributed by atoms with Crippen LogP contribution in [0.4, 0.5) is 18.3 Å². The molecular formula is C37H36F3N7O2S. The molecule has 1 amide bonds. The molecule has 3 aromatic heterocycles. The number of nitrogens with zero attached hydrogens (tertiary/aromatic N) is 6. The van der Waals surface area contributed by atoms with Crippen LogP contribution in [0.3, 0.4) is 0 Å². The number of aryl methyl sites for hydroxylation is 1. The Bertz CT molecular complexity index is 2110. The highest BCUT2D eigenvalue weighted by Gasteiger charge is 2.50. The number of imidazole rings is 1. The van der Waals surface area contributed by atoms with Crippen molar-refractivity contribution in [1.82, 2.24) is 29.2 Å². The van der Waals surface area contributed by atoms with Crippen LogP contribution in [0.2, 0.25) is 0 Å². The van der Waals surface area contributed by atoms with Gasteiger partial charge in [-0.1, -0.05) is 24.0 Å². The fourth-order valence-corrected chi connectivity index (χ4v) is 7.98. The first-order valence-corrected chi connectivity index (χ1v) is 17.8. The highest BCUT2D eigenvalue weighted by Crippen LogP contribution is 2.53. The summed E-state index contributed by atoms with van der Waals surface area (Å²) in [5.74, 6) is 5.93. The minimum Gasteiger partial charge on any atom is -0.396 e. The Morgan fingerprint density at radius 2 is 1.92 bits per heavy atom. The number of carbonyl (C=O) groups is 1. The van der Waals surface area contributed by atoms with E-state index in [4.69, 9.17) is 0 Å². The van der Waals surface area contributed by atoms with Gasteiger partial charge in [-0.15, -0.1) is 11.3 Å². The van der Waals surface area contributed by atoms with Gasteiger partial charge in [-0.25, -0.2) is 9.97 Å². The zero-order chi connectivity index (χ0) is 34.6. The van der Waals surface area contributed by atoms with E-state index >= 15 is 0 Å². The maximum absolute atomic E-state index is 14.6. The average Bonchev–Trinajstić information content (AvgIpc) is 3.51. The average molecular weight is 700 g/mol. The van der Waals surface area contributed by atoms with E-state index in [-0.39, 0.29) is 28.6 Å². The molecule has 1 saturated heterocycles. The van der Waals surface area contributed by atoms with Crippen LogP contribution in [0.1, 0.15) is 77.4 Å². The second-order valence-electron chi connectivity index (χ2n) is 13.7. The summed E-state index contributed by atoms with van der Waals surface area (Å²) in [6.07, 6.45) is 5.69. The molecule has 0 bridgehead atoms. The number of aromatic nitrogens is 5. The van der Waals surface area contributed by atoms with Crippen molar-refractivity contribution in [2.45, 2.75) is 69.8 Å². The lowest BCUT2D eigenvalue weighted by atomic mass is 9.97. The second-order valence-corrected chi connectivity index (χ2v) is 14.6. The molecular weight excluding hydrogens is 664 g/mol. The number of hydrogen-bond acceptors (Lipinski definition) is 7. The first kappa shape index (κ1) is 32.7. The van der Waals surface area contributed by atoms with Crippen LogP contribution in [-0.2, 0) is 29.5 Å². The third-order valence-electron chi connectivity index (χ3n) is 10.5. The predicted octanol–water partition coefficient (Wildman–Crippen LogP) is 6.28. The SMILES string of the molecule is Cc1c(C#Cc2ccc(CN3CCC(CO)CC3)cc2)cc(C(F)(F)F)c2cn(C(C(=O)Nc3nccs3)c3ncn4c3CCC43CC3)nc12. The minimum absolute atomic E-state index is 0.0395. The first-order chi connectivity index (χ1) is 24.1. The number of hydrogen-bond donors (Lipinski definition) is 2. The molecule has 1 spiro atoms. The third-order valence-corrected chi connectivity index (χ3v) is 11.2. The molecule has 13 heteroatoms. The van der Waals surface area contributed by atoms with E-state index in [2.05, 4.69) is 41.7 Å². The van der Waals surface area contributed by atoms with Crippen molar-refractivity contribution in [3.8, 4) is 11.8 Å². The Morgan fingerprint density at radius 3 is 2.60 bits per heavy atom. The van der Waals surface area contributed by atoms with Crippen LogP contribution in [0.25, 0.3) is 10.9 Å². The number of thiazole rings is 1. The summed E-state index contributed by atoms with van der Waals surface area (Å²) in [5.41, 5.74) is 3.24. The Balaban J connectivity index is 1.13. The number of benzene rings is 2. The van der Waals surface area contributed by atoms with E-state index in [9.17, 15) is 23.1 Å². The van der Waals surface area contributed by atoms with E-state index in [0.29, 0.717) is 27.9 Å². The van der Waals surface area contributed by atoms with Crippen LogP contribution in [0.5, 0.6) is 0 Å². The lowest BCUT2D eigenvalue weighted by Crippen LogP contribution is -2.34. The standard InChI is InChI=1S/C37H36F3N7O2S/c1-23-27(7-6-24-2-4-25(5-3-24)19-45-15-9-26(21-48)10-16-45)18-29(37(38,39)40)28-20-47(44-31(23)28)33(34(49)43-35-41-14-17-50-35)32-30-8-11-36(12-13-36)46(30)22-42-32/h2-5,14,17-18,20,22,26,33,48H,8-13,15-16,19,21H2,1H3,(H,41,43,49). The van der Waals surface area contributed by atoms with Crippen molar-refractivity contribution in [3.63, 3.8) is 0 Å². The Labute approximate surface area is 291 Å². The molecule has 0 radical (unpaired) electrons. The van der Waals surface area contributed by atoms with E-state index < -0.39 is 23.7 Å². The number of aliphatic hydroxyl groups is 1. The molecule has 2 aliphatic heterocycles. The molecule has 9 nitrogen and oxygen atoms in total. The van der Waals surface area contributed by atoms with Crippen LogP contribution in [0.15, 0.2) is 54.4 Å². The number of halogens is 3. The highest BCUT2D eigenvalue weighted by molar-refractivity contribution is 7.13. The summed E-state index contributed by atoms with van der Waals surface area (Å²) < 4.78 is 47.4. The number of nitrogens with one attached hydrogen (secondary N) is 1. The Morgan fingerprint density at radius 1 is 1.14 bits per heavy atom. The quantitative estimate of drug-likeness (QED) is 0.194. The summed E-state index contributed by atoms with van der Waals surface area (Å²) in [5, 5.41) is 18.9. The maximum atomic E-state index is 14.6. The molecule has 2 fully saturated rings. The van der Waals surface area contributed by atoms with Crippen molar-refractivity contribution >= 4 is 33.3 Å². The molecule has 3 aliphatic rings. The number of amides is 1. The molecule has 1 unspecified atom stereocenters. The molecule has 50 heavy (non-hydrogen) atoms. The molecule has 8 rings (SSSR count). The first-order valence-electron chi connectivity index (χ1n) is 16.9. The van der Waals surface area contributed by atoms with Crippen molar-refractivity contribution in [2.24, 2.45) is 5.92 Å². The van der Waals surface area contributed by atoms with Gasteiger partial charge in [-0.2, -0.15) is 18.3 Å². The number of anilines is 1. The fourth-order valence-electron chi connectivity index (χ4n) is 7.45. The number of alkyl halides is 3. The second kappa shape index (κ2) is 12.7. The van der Waals surface area contributed by atoms with Gasteiger partial charge in [0.15, 0.2) is 11.2 Å². The topological polar surface area (TPSA) is 101 Å². The van der Waals surface area contributed by atoms with Gasteiger partial charge in [0.05, 0.1) is 23.1 Å². The van der Waals surface area contributed by atoms with Gasteiger partial charge in [-0.3, -0.25) is 19.7 Å². The summed E-state index contributed by atoms with van der Waals surface area (Å²) >= 11 is 1.25. The van der Waals surface area contributed by atoms with Gasteiger partial charge < -0.3 is 9.67 Å². The lowest BCUT2D eigenvalue weighted by molar-refractivity contribution is -0.136. The summed E-state index contributed by atoms with van der Waals surface area (Å²) in [4.78, 5) is 25.1. The number of likely N-dealkylation sites (tertiary alicyclic amines) is 1. The number of aliphatic hydroxyl groups excluding tert-OH is 1. The molecule has 5 aromatic rings. The van der Waals surface area contributed by atoms with Crippen molar-refractivity contribution in [2.75, 3.05) is 25.0 Å². The normalized spacial score (nSPS) is 17.9. The lowest BCUT2D eigenvalue weighted by Gasteiger charge is -2.31. The van der Waals surface area contributed by atoms with Crippen LogP contribution < -0.4 is 5.32 Å². The van der Waals surface area contributed by atoms with Gasteiger partial charge in [0.25, 0.3) is 5.91 Å². The van der Waals surface area contributed by atoms with E-state index in [1.807, 2.05) is 24.3 Å². The van der Waals surface area contributed by atoms with Crippen LogP contribution in [-0.4, -0.2) is 59.9 Å². The number of rotatable bonds is 7. The van der Waals surface area contributed by atoms with Crippen molar-refractivity contribution in [1.29, 1.82) is 0 Å². The molecule has 258 valence electrons. The molecule has 1 atom stereocenters. The smallest absolute Gasteiger partial charge is 0.396 e. The Hall–Kier alpha value is -4.51. The fraction of sp³-hybridized carbons (Fsp3) is 0.405. The summed E-state index contributed by atoms with van der Waals surface area (Å²) in [6.45, 7) is 4.62. The predicted molar refractivity (Wildman–Crippen MR) is 184 cm³/mol. The van der Waals surface area contributed by atoms with Crippen LogP contribution >= 0.6 is 11.3 Å². The van der Waals surface area contributed by atoms with E-state index in [1.165, 1.54) is 22.2 Å². The molecule has 2 aromatic carbocycles. The molecule has 1 aliphatic carbocycles. The molecule has 5 heterocycles. The molecule has 1 saturated carbocycles. The van der Waals surface area contributed by atoms with Gasteiger partial charge >= 0.3 is 6.18 Å². The third kappa shape index (κ3) is 6.10. The van der Waals surface area contributed by atoms with Gasteiger partial charge in [0, 0.05) is 58.7 Å². The largest absolute Gasteiger partial charge is 0.417 e. The summed E-state index contributed by atoms with van der Waals surface area (Å²) in [7, 11) is 0. The van der Waals surface area contributed by atoms with Crippen molar-refractivity contribution in [3.05, 3.63) is 93.6 Å². The van der Waals surface area contributed by atoms with Crippen molar-refractivity contribution < 1.29 is 23.1 Å². The van der Waals surface area contributed by atoms with Gasteiger partial charge in [0.1, 0.15) is 0 Å². The van der Waals surface area contributed by atoms with E-state index in [1.54, 1.807) is 24.8 Å². The monoisotopic (exact) mass is 699 g/mol. The van der Waals surface area contributed by atoms with Crippen LogP contribution in [0, 0.1) is 24.7 Å². The maximum Gasteiger partial charge on any atom is 0.417 e. The zero-order valence-corrected chi connectivity index (χ0v) is 28.3. The zero-order valence-electron chi connectivity index (χ0n) is 27.5. The highest BCUT2D eigenvalue weighted by atomic mass is 32.1. The Kier molecular flexibility index (Phi) is 8.28. The van der Waals surface area contributed by atoms with Gasteiger partial charge in [0.2, 0.25) is 0 Å². The minimum atomic E-state index is -4.68. The number of carbonyl (C=O) groups excluding carboxylic acids is 1. The van der Waals surface area contributed by atoms with E-state index in [0.717, 1.165) is 75.5 Å². The van der Waals surface area contributed by atoms with Gasteiger partial charge in [-0.05, 0) is 93.8 Å². The molecule has 2 N–H and O–H groups in total. The number of fused-ring (bicyclic) bond motifs is 3. The summed E-state index contributed by atoms with van der Waals surface area (Å²) in [6, 6.07) is 7.74. The number of piperidine rings is 1.